The third kappa shape index (κ3) is 1.91. The Morgan fingerprint density at radius 1 is 1.82 bits per heavy atom. The number of rotatable bonds is 3. The number of hydrogen-bond donors (Lipinski definition) is 2. The van der Waals surface area contributed by atoms with Gasteiger partial charge in [0.25, 0.3) is 0 Å². The molecule has 0 aromatic carbocycles. The van der Waals surface area contributed by atoms with E-state index in [0.29, 0.717) is 6.54 Å². The minimum atomic E-state index is -0.796. The van der Waals surface area contributed by atoms with E-state index in [2.05, 4.69) is 5.32 Å². The molecule has 0 aromatic heterocycles. The molecule has 1 atom stereocenters. The molecule has 4 heteroatoms. The Labute approximate surface area is 65.5 Å². The Morgan fingerprint density at radius 3 is 2.91 bits per heavy atom. The standard InChI is InChI=1S/C7H13NO3/c1-11-7(4-6(9)10)2-3-8-5-7/h8H,2-5H2,1H3,(H,9,10). The van der Waals surface area contributed by atoms with Crippen molar-refractivity contribution >= 4 is 5.97 Å². The summed E-state index contributed by atoms with van der Waals surface area (Å²) in [5, 5.41) is 11.6. The molecular weight excluding hydrogens is 146 g/mol. The molecule has 64 valence electrons. The van der Waals surface area contributed by atoms with E-state index < -0.39 is 11.6 Å². The molecule has 0 amide bonds. The predicted molar refractivity (Wildman–Crippen MR) is 39.5 cm³/mol. The molecule has 0 saturated carbocycles. The number of aliphatic carboxylic acids is 1. The maximum absolute atomic E-state index is 10.4. The monoisotopic (exact) mass is 159 g/mol. The lowest BCUT2D eigenvalue weighted by molar-refractivity contribution is -0.143. The summed E-state index contributed by atoms with van der Waals surface area (Å²) in [5.41, 5.74) is -0.453. The van der Waals surface area contributed by atoms with E-state index in [-0.39, 0.29) is 6.42 Å². The summed E-state index contributed by atoms with van der Waals surface area (Å²) in [6.45, 7) is 1.50. The second kappa shape index (κ2) is 3.19. The SMILES string of the molecule is COC1(CC(=O)O)CCNC1. The van der Waals surface area contributed by atoms with Crippen molar-refractivity contribution < 1.29 is 14.6 Å². The molecule has 0 bridgehead atoms. The van der Waals surface area contributed by atoms with Crippen LogP contribution in [0.5, 0.6) is 0 Å². The van der Waals surface area contributed by atoms with Gasteiger partial charge >= 0.3 is 5.97 Å². The van der Waals surface area contributed by atoms with Gasteiger partial charge < -0.3 is 15.2 Å². The zero-order chi connectivity index (χ0) is 8.32. The van der Waals surface area contributed by atoms with Crippen LogP contribution in [-0.2, 0) is 9.53 Å². The summed E-state index contributed by atoms with van der Waals surface area (Å²) in [4.78, 5) is 10.4. The van der Waals surface area contributed by atoms with Gasteiger partial charge in [-0.2, -0.15) is 0 Å². The molecule has 1 fully saturated rings. The van der Waals surface area contributed by atoms with E-state index in [1.165, 1.54) is 0 Å². The fourth-order valence-electron chi connectivity index (χ4n) is 1.39. The van der Waals surface area contributed by atoms with Crippen LogP contribution in [0, 0.1) is 0 Å². The second-order valence-electron chi connectivity index (χ2n) is 2.88. The maximum Gasteiger partial charge on any atom is 0.306 e. The van der Waals surface area contributed by atoms with Gasteiger partial charge in [-0.25, -0.2) is 0 Å². The van der Waals surface area contributed by atoms with E-state index in [0.717, 1.165) is 13.0 Å². The highest BCUT2D eigenvalue weighted by Crippen LogP contribution is 2.22. The van der Waals surface area contributed by atoms with Crippen LogP contribution in [0.25, 0.3) is 0 Å². The number of methoxy groups -OCH3 is 1. The van der Waals surface area contributed by atoms with Crippen LogP contribution in [-0.4, -0.2) is 36.9 Å². The molecule has 0 radical (unpaired) electrons. The highest BCUT2D eigenvalue weighted by molar-refractivity contribution is 5.68. The molecule has 1 aliphatic rings. The lowest BCUT2D eigenvalue weighted by atomic mass is 9.99. The van der Waals surface area contributed by atoms with Crippen molar-refractivity contribution in [2.75, 3.05) is 20.2 Å². The number of carboxylic acids is 1. The van der Waals surface area contributed by atoms with Crippen LogP contribution in [0.1, 0.15) is 12.8 Å². The summed E-state index contributed by atoms with van der Waals surface area (Å²) >= 11 is 0. The molecule has 1 rings (SSSR count). The van der Waals surface area contributed by atoms with Crippen LogP contribution in [0.4, 0.5) is 0 Å². The predicted octanol–water partition coefficient (Wildman–Crippen LogP) is -0.160. The highest BCUT2D eigenvalue weighted by atomic mass is 16.5. The molecule has 1 heterocycles. The highest BCUT2D eigenvalue weighted by Gasteiger charge is 2.35. The van der Waals surface area contributed by atoms with Crippen LogP contribution in [0.3, 0.4) is 0 Å². The summed E-state index contributed by atoms with van der Waals surface area (Å²) in [6, 6.07) is 0. The van der Waals surface area contributed by atoms with E-state index in [4.69, 9.17) is 9.84 Å². The van der Waals surface area contributed by atoms with Crippen molar-refractivity contribution in [3.8, 4) is 0 Å². The van der Waals surface area contributed by atoms with Gasteiger partial charge in [-0.15, -0.1) is 0 Å². The Balaban J connectivity index is 2.52. The van der Waals surface area contributed by atoms with Crippen LogP contribution in [0.2, 0.25) is 0 Å². The molecule has 11 heavy (non-hydrogen) atoms. The minimum Gasteiger partial charge on any atom is -0.481 e. The van der Waals surface area contributed by atoms with E-state index in [1.807, 2.05) is 0 Å². The van der Waals surface area contributed by atoms with Gasteiger partial charge in [0.05, 0.1) is 12.0 Å². The molecule has 4 nitrogen and oxygen atoms in total. The molecular formula is C7H13NO3. The molecule has 1 aliphatic heterocycles. The van der Waals surface area contributed by atoms with Crippen molar-refractivity contribution in [2.45, 2.75) is 18.4 Å². The summed E-state index contributed by atoms with van der Waals surface area (Å²) in [6.07, 6.45) is 0.881. The first-order valence-electron chi connectivity index (χ1n) is 3.66. The molecule has 0 aliphatic carbocycles. The molecule has 1 unspecified atom stereocenters. The third-order valence-electron chi connectivity index (χ3n) is 2.11. The Hall–Kier alpha value is -0.610. The summed E-state index contributed by atoms with van der Waals surface area (Å²) < 4.78 is 5.17. The second-order valence-corrected chi connectivity index (χ2v) is 2.88. The zero-order valence-electron chi connectivity index (χ0n) is 6.59. The molecule has 0 aromatic rings. The largest absolute Gasteiger partial charge is 0.481 e. The number of hydrogen-bond acceptors (Lipinski definition) is 3. The molecule has 1 saturated heterocycles. The van der Waals surface area contributed by atoms with Crippen LogP contribution < -0.4 is 5.32 Å². The Kier molecular flexibility index (Phi) is 2.46. The fourth-order valence-corrected chi connectivity index (χ4v) is 1.39. The van der Waals surface area contributed by atoms with Crippen molar-refractivity contribution in [3.05, 3.63) is 0 Å². The average molecular weight is 159 g/mol. The lowest BCUT2D eigenvalue weighted by Crippen LogP contribution is -2.36. The topological polar surface area (TPSA) is 58.6 Å². The first-order valence-corrected chi connectivity index (χ1v) is 3.66. The number of nitrogens with one attached hydrogen (secondary N) is 1. The van der Waals surface area contributed by atoms with Crippen LogP contribution >= 0.6 is 0 Å². The number of carbonyl (C=O) groups is 1. The van der Waals surface area contributed by atoms with E-state index in [1.54, 1.807) is 7.11 Å². The summed E-state index contributed by atoms with van der Waals surface area (Å²) in [7, 11) is 1.57. The van der Waals surface area contributed by atoms with Crippen LogP contribution in [0.15, 0.2) is 0 Å². The van der Waals surface area contributed by atoms with Crippen molar-refractivity contribution in [2.24, 2.45) is 0 Å². The number of carboxylic acid groups (broad SMARTS) is 1. The van der Waals surface area contributed by atoms with Gasteiger partial charge in [0.15, 0.2) is 0 Å². The first-order chi connectivity index (χ1) is 5.18. The van der Waals surface area contributed by atoms with E-state index in [9.17, 15) is 4.79 Å². The minimum absolute atomic E-state index is 0.0938. The summed E-state index contributed by atoms with van der Waals surface area (Å²) in [5.74, 6) is -0.796. The molecule has 0 spiro atoms. The van der Waals surface area contributed by atoms with Gasteiger partial charge in [0, 0.05) is 13.7 Å². The maximum atomic E-state index is 10.4. The van der Waals surface area contributed by atoms with Gasteiger partial charge in [-0.3, -0.25) is 4.79 Å². The lowest BCUT2D eigenvalue weighted by Gasteiger charge is -2.23. The zero-order valence-corrected chi connectivity index (χ0v) is 6.59. The van der Waals surface area contributed by atoms with Crippen molar-refractivity contribution in [1.82, 2.24) is 5.32 Å². The quantitative estimate of drug-likeness (QED) is 0.600. The van der Waals surface area contributed by atoms with Gasteiger partial charge in [0.1, 0.15) is 0 Å². The third-order valence-corrected chi connectivity index (χ3v) is 2.11. The fraction of sp³-hybridized carbons (Fsp3) is 0.857. The van der Waals surface area contributed by atoms with Gasteiger partial charge in [-0.1, -0.05) is 0 Å². The average Bonchev–Trinajstić information content (AvgIpc) is 2.36. The van der Waals surface area contributed by atoms with Gasteiger partial charge in [-0.05, 0) is 13.0 Å². The number of ether oxygens (including phenoxy) is 1. The first kappa shape index (κ1) is 8.49. The Bertz CT molecular complexity index is 152. The van der Waals surface area contributed by atoms with Gasteiger partial charge in [0.2, 0.25) is 0 Å². The molecule has 2 N–H and O–H groups in total. The van der Waals surface area contributed by atoms with E-state index >= 15 is 0 Å². The van der Waals surface area contributed by atoms with Crippen molar-refractivity contribution in [3.63, 3.8) is 0 Å². The normalized spacial score (nSPS) is 30.6. The smallest absolute Gasteiger partial charge is 0.306 e. The Morgan fingerprint density at radius 2 is 2.55 bits per heavy atom. The van der Waals surface area contributed by atoms with Crippen molar-refractivity contribution in [1.29, 1.82) is 0 Å².